The zero-order valence-corrected chi connectivity index (χ0v) is 9.75. The molecular formula is C12H19N3O. The minimum Gasteiger partial charge on any atom is -0.330 e. The maximum atomic E-state index is 11.9. The lowest BCUT2D eigenvalue weighted by molar-refractivity contribution is 0.771. The van der Waals surface area contributed by atoms with Crippen LogP contribution >= 0.6 is 0 Å². The number of H-pyrrole nitrogens is 1. The SMILES string of the molecule is CCc1nc(C2CC2)c(CCCN)c(=O)[nH]1. The summed E-state index contributed by atoms with van der Waals surface area (Å²) in [5, 5.41) is 0. The topological polar surface area (TPSA) is 71.8 Å². The van der Waals surface area contributed by atoms with Gasteiger partial charge in [0.15, 0.2) is 0 Å². The van der Waals surface area contributed by atoms with Gasteiger partial charge in [0, 0.05) is 17.9 Å². The van der Waals surface area contributed by atoms with Crippen molar-refractivity contribution in [2.75, 3.05) is 6.54 Å². The first kappa shape index (κ1) is 11.3. The summed E-state index contributed by atoms with van der Waals surface area (Å²) in [4.78, 5) is 19.3. The highest BCUT2D eigenvalue weighted by atomic mass is 16.1. The van der Waals surface area contributed by atoms with Crippen molar-refractivity contribution in [2.24, 2.45) is 5.73 Å². The van der Waals surface area contributed by atoms with Crippen LogP contribution < -0.4 is 11.3 Å². The maximum absolute atomic E-state index is 11.9. The Balaban J connectivity index is 2.36. The van der Waals surface area contributed by atoms with Gasteiger partial charge in [0.25, 0.3) is 5.56 Å². The Hall–Kier alpha value is -1.16. The van der Waals surface area contributed by atoms with Gasteiger partial charge in [-0.05, 0) is 32.2 Å². The number of nitrogens with one attached hydrogen (secondary N) is 1. The molecule has 1 saturated carbocycles. The van der Waals surface area contributed by atoms with Crippen molar-refractivity contribution in [1.29, 1.82) is 0 Å². The molecule has 1 aliphatic carbocycles. The van der Waals surface area contributed by atoms with Gasteiger partial charge < -0.3 is 10.7 Å². The van der Waals surface area contributed by atoms with Crippen LogP contribution in [0.15, 0.2) is 4.79 Å². The van der Waals surface area contributed by atoms with Crippen LogP contribution in [0.4, 0.5) is 0 Å². The van der Waals surface area contributed by atoms with E-state index in [1.807, 2.05) is 6.92 Å². The van der Waals surface area contributed by atoms with Gasteiger partial charge >= 0.3 is 0 Å². The van der Waals surface area contributed by atoms with Crippen molar-refractivity contribution >= 4 is 0 Å². The predicted molar refractivity (Wildman–Crippen MR) is 63.6 cm³/mol. The van der Waals surface area contributed by atoms with Crippen molar-refractivity contribution in [1.82, 2.24) is 9.97 Å². The second-order valence-corrected chi connectivity index (χ2v) is 4.40. The normalized spacial score (nSPS) is 15.4. The lowest BCUT2D eigenvalue weighted by Gasteiger charge is -2.08. The highest BCUT2D eigenvalue weighted by Gasteiger charge is 2.29. The molecule has 1 aromatic rings. The largest absolute Gasteiger partial charge is 0.330 e. The van der Waals surface area contributed by atoms with Crippen LogP contribution in [0.1, 0.15) is 49.2 Å². The van der Waals surface area contributed by atoms with E-state index in [2.05, 4.69) is 9.97 Å². The van der Waals surface area contributed by atoms with E-state index >= 15 is 0 Å². The smallest absolute Gasteiger partial charge is 0.254 e. The number of nitrogens with two attached hydrogens (primary N) is 1. The van der Waals surface area contributed by atoms with Crippen LogP contribution in [0.3, 0.4) is 0 Å². The molecular weight excluding hydrogens is 202 g/mol. The van der Waals surface area contributed by atoms with Gasteiger partial charge in [-0.2, -0.15) is 0 Å². The molecule has 0 saturated heterocycles. The number of aromatic amines is 1. The van der Waals surface area contributed by atoms with E-state index in [0.29, 0.717) is 12.5 Å². The maximum Gasteiger partial charge on any atom is 0.254 e. The molecule has 0 spiro atoms. The van der Waals surface area contributed by atoms with Crippen molar-refractivity contribution in [3.63, 3.8) is 0 Å². The Morgan fingerprint density at radius 1 is 1.50 bits per heavy atom. The first-order valence-electron chi connectivity index (χ1n) is 6.08. The minimum absolute atomic E-state index is 0.0437. The highest BCUT2D eigenvalue weighted by Crippen LogP contribution is 2.40. The van der Waals surface area contributed by atoms with Crippen molar-refractivity contribution in [3.05, 3.63) is 27.4 Å². The molecule has 0 unspecified atom stereocenters. The lowest BCUT2D eigenvalue weighted by Crippen LogP contribution is -2.20. The van der Waals surface area contributed by atoms with Crippen LogP contribution in [0.2, 0.25) is 0 Å². The molecule has 1 fully saturated rings. The first-order valence-corrected chi connectivity index (χ1v) is 6.08. The van der Waals surface area contributed by atoms with E-state index in [-0.39, 0.29) is 5.56 Å². The Labute approximate surface area is 95.3 Å². The summed E-state index contributed by atoms with van der Waals surface area (Å²) in [5.74, 6) is 1.34. The molecule has 0 aliphatic heterocycles. The van der Waals surface area contributed by atoms with E-state index in [4.69, 9.17) is 5.73 Å². The summed E-state index contributed by atoms with van der Waals surface area (Å²) in [6, 6.07) is 0. The van der Waals surface area contributed by atoms with Gasteiger partial charge in [-0.3, -0.25) is 4.79 Å². The summed E-state index contributed by atoms with van der Waals surface area (Å²) in [5.41, 5.74) is 7.44. The fourth-order valence-electron chi connectivity index (χ4n) is 1.95. The number of rotatable bonds is 5. The molecule has 0 radical (unpaired) electrons. The van der Waals surface area contributed by atoms with Gasteiger partial charge in [0.2, 0.25) is 0 Å². The van der Waals surface area contributed by atoms with Gasteiger partial charge in [-0.1, -0.05) is 6.92 Å². The average Bonchev–Trinajstić information content (AvgIpc) is 3.10. The third-order valence-electron chi connectivity index (χ3n) is 3.03. The molecule has 1 aliphatic rings. The molecule has 4 heteroatoms. The Kier molecular flexibility index (Phi) is 3.39. The predicted octanol–water partition coefficient (Wildman–Crippen LogP) is 1.10. The van der Waals surface area contributed by atoms with E-state index in [0.717, 1.165) is 36.3 Å². The highest BCUT2D eigenvalue weighted by molar-refractivity contribution is 5.25. The molecule has 0 amide bonds. The van der Waals surface area contributed by atoms with Crippen LogP contribution in [0, 0.1) is 0 Å². The number of aromatic nitrogens is 2. The van der Waals surface area contributed by atoms with Gasteiger partial charge in [-0.15, -0.1) is 0 Å². The number of aryl methyl sites for hydroxylation is 1. The van der Waals surface area contributed by atoms with Crippen LogP contribution in [-0.4, -0.2) is 16.5 Å². The van der Waals surface area contributed by atoms with E-state index in [1.54, 1.807) is 0 Å². The number of hydrogen-bond donors (Lipinski definition) is 2. The fraction of sp³-hybridized carbons (Fsp3) is 0.667. The molecule has 0 atom stereocenters. The summed E-state index contributed by atoms with van der Waals surface area (Å²) in [6.07, 6.45) is 4.75. The monoisotopic (exact) mass is 221 g/mol. The van der Waals surface area contributed by atoms with E-state index in [9.17, 15) is 4.79 Å². The standard InChI is InChI=1S/C12H19N3O/c1-2-10-14-11(8-5-6-8)9(4-3-7-13)12(16)15-10/h8H,2-7,13H2,1H3,(H,14,15,16). The Morgan fingerprint density at radius 3 is 2.81 bits per heavy atom. The summed E-state index contributed by atoms with van der Waals surface area (Å²) >= 11 is 0. The van der Waals surface area contributed by atoms with Crippen LogP contribution in [0.5, 0.6) is 0 Å². The minimum atomic E-state index is 0.0437. The Bertz CT molecular complexity index is 421. The molecule has 1 aromatic heterocycles. The quantitative estimate of drug-likeness (QED) is 0.782. The van der Waals surface area contributed by atoms with E-state index in [1.165, 1.54) is 12.8 Å². The number of hydrogen-bond acceptors (Lipinski definition) is 3. The van der Waals surface area contributed by atoms with Crippen LogP contribution in [-0.2, 0) is 12.8 Å². The molecule has 88 valence electrons. The van der Waals surface area contributed by atoms with E-state index < -0.39 is 0 Å². The molecule has 1 heterocycles. The third-order valence-corrected chi connectivity index (χ3v) is 3.03. The van der Waals surface area contributed by atoms with Gasteiger partial charge in [-0.25, -0.2) is 4.98 Å². The summed E-state index contributed by atoms with van der Waals surface area (Å²) in [6.45, 7) is 2.63. The summed E-state index contributed by atoms with van der Waals surface area (Å²) < 4.78 is 0. The third kappa shape index (κ3) is 2.32. The molecule has 0 aromatic carbocycles. The zero-order chi connectivity index (χ0) is 11.5. The Morgan fingerprint density at radius 2 is 2.25 bits per heavy atom. The van der Waals surface area contributed by atoms with Crippen molar-refractivity contribution in [3.8, 4) is 0 Å². The average molecular weight is 221 g/mol. The lowest BCUT2D eigenvalue weighted by atomic mass is 10.1. The fourth-order valence-corrected chi connectivity index (χ4v) is 1.95. The van der Waals surface area contributed by atoms with Crippen molar-refractivity contribution in [2.45, 2.75) is 44.9 Å². The van der Waals surface area contributed by atoms with Gasteiger partial charge in [0.05, 0.1) is 5.69 Å². The first-order chi connectivity index (χ1) is 7.76. The second kappa shape index (κ2) is 4.78. The summed E-state index contributed by atoms with van der Waals surface area (Å²) in [7, 11) is 0. The van der Waals surface area contributed by atoms with Crippen LogP contribution in [0.25, 0.3) is 0 Å². The molecule has 16 heavy (non-hydrogen) atoms. The van der Waals surface area contributed by atoms with Crippen molar-refractivity contribution < 1.29 is 0 Å². The zero-order valence-electron chi connectivity index (χ0n) is 9.75. The molecule has 4 nitrogen and oxygen atoms in total. The number of nitrogens with zero attached hydrogens (tertiary/aromatic N) is 1. The molecule has 2 rings (SSSR count). The van der Waals surface area contributed by atoms with Gasteiger partial charge in [0.1, 0.15) is 5.82 Å². The molecule has 3 N–H and O–H groups in total. The second-order valence-electron chi connectivity index (χ2n) is 4.40. The molecule has 0 bridgehead atoms.